The van der Waals surface area contributed by atoms with E-state index in [4.69, 9.17) is 10.8 Å². The number of carboxylic acids is 1. The first-order valence-electron chi connectivity index (χ1n) is 7.57. The minimum absolute atomic E-state index is 0. The highest BCUT2D eigenvalue weighted by Gasteiger charge is 2.13. The van der Waals surface area contributed by atoms with Crippen molar-refractivity contribution >= 4 is 122 Å². The molecule has 0 saturated carbocycles. The van der Waals surface area contributed by atoms with Gasteiger partial charge in [-0.25, -0.2) is 39.5 Å². The maximum Gasteiger partial charge on any atom is 0.359 e. The van der Waals surface area contributed by atoms with Crippen LogP contribution in [-0.2, 0) is 4.74 Å². The molecule has 3 N–H and O–H groups in total. The first-order chi connectivity index (χ1) is 15.0. The van der Waals surface area contributed by atoms with Crippen molar-refractivity contribution < 1.29 is 19.4 Å². The van der Waals surface area contributed by atoms with Crippen molar-refractivity contribution in [3.05, 3.63) is 57.6 Å². The van der Waals surface area contributed by atoms with E-state index in [1.54, 1.807) is 6.20 Å². The Morgan fingerprint density at radius 2 is 1.18 bits per heavy atom. The Morgan fingerprint density at radius 3 is 1.53 bits per heavy atom. The largest absolute Gasteiger partial charge is 0.476 e. The summed E-state index contributed by atoms with van der Waals surface area (Å²) in [5.74, 6) is -1.23. The number of hydrogen-bond acceptors (Lipinski definition) is 10. The van der Waals surface area contributed by atoms with E-state index in [0.29, 0.717) is 28.8 Å². The highest BCUT2D eigenvalue weighted by molar-refractivity contribution is 9.11. The lowest BCUT2D eigenvalue weighted by Crippen LogP contribution is -2.06. The maximum atomic E-state index is 11.0. The fourth-order valence-corrected chi connectivity index (χ4v) is 3.19. The Bertz CT molecular complexity index is 1130. The lowest BCUT2D eigenvalue weighted by Gasteiger charge is -1.99. The second kappa shape index (κ2) is 17.4. The van der Waals surface area contributed by atoms with E-state index in [2.05, 4.69) is 130 Å². The molecule has 0 amide bonds. The number of esters is 1. The van der Waals surface area contributed by atoms with Gasteiger partial charge in [-0.05, 0) is 95.6 Å². The van der Waals surface area contributed by atoms with Crippen molar-refractivity contribution in [3.8, 4) is 0 Å². The molecule has 3 rings (SSSR count). The summed E-state index contributed by atoms with van der Waals surface area (Å²) in [5, 5.41) is 8.54. The maximum absolute atomic E-state index is 11.0. The number of methoxy groups -OCH3 is 1. The van der Waals surface area contributed by atoms with E-state index in [-0.39, 0.29) is 31.8 Å². The molecule has 0 saturated heterocycles. The molecule has 0 spiro atoms. The molecule has 11 nitrogen and oxygen atoms in total. The Labute approximate surface area is 246 Å². The van der Waals surface area contributed by atoms with Crippen LogP contribution in [0.1, 0.15) is 28.4 Å². The van der Waals surface area contributed by atoms with Crippen molar-refractivity contribution in [1.82, 2.24) is 29.9 Å². The molecule has 0 aliphatic rings. The quantitative estimate of drug-likeness (QED) is 0.253. The predicted octanol–water partition coefficient (Wildman–Crippen LogP) is 5.33. The SMILES string of the molecule is C.COC(=O)c1nc(Br)cnc1Br.Nc1nc(Br)cnc1Br.O=C(O)c1nc(Br)cnc1Br.[B]. The smallest absolute Gasteiger partial charge is 0.359 e. The number of carboxylic acid groups (broad SMARTS) is 1. The molecule has 3 radical (unpaired) electrons. The van der Waals surface area contributed by atoms with E-state index in [1.807, 2.05) is 0 Å². The number of nitrogens with two attached hydrogens (primary N) is 1. The number of carbonyl (C=O) groups is 2. The molecular formula is C16H13BBr6N7O4. The van der Waals surface area contributed by atoms with Crippen LogP contribution in [0.15, 0.2) is 46.2 Å². The number of ether oxygens (including phenoxy) is 1. The summed E-state index contributed by atoms with van der Waals surface area (Å²) in [5.41, 5.74) is 5.43. The molecule has 0 aliphatic heterocycles. The van der Waals surface area contributed by atoms with Gasteiger partial charge >= 0.3 is 11.9 Å². The summed E-state index contributed by atoms with van der Waals surface area (Å²) in [6.45, 7) is 0. The molecule has 0 fully saturated rings. The van der Waals surface area contributed by atoms with Crippen LogP contribution in [0.5, 0.6) is 0 Å². The topological polar surface area (TPSA) is 167 Å². The van der Waals surface area contributed by atoms with Gasteiger partial charge in [0.1, 0.15) is 27.6 Å². The number of aromatic carboxylic acids is 1. The molecule has 0 atom stereocenters. The molecule has 18 heteroatoms. The lowest BCUT2D eigenvalue weighted by molar-refractivity contribution is 0.0591. The van der Waals surface area contributed by atoms with Crippen LogP contribution in [0, 0.1) is 0 Å². The van der Waals surface area contributed by atoms with E-state index in [9.17, 15) is 9.59 Å². The van der Waals surface area contributed by atoms with Crippen molar-refractivity contribution in [2.75, 3.05) is 12.8 Å². The van der Waals surface area contributed by atoms with Crippen LogP contribution in [0.3, 0.4) is 0 Å². The number of halogens is 6. The molecule has 0 bridgehead atoms. The van der Waals surface area contributed by atoms with Crippen molar-refractivity contribution in [3.63, 3.8) is 0 Å². The number of hydrogen-bond donors (Lipinski definition) is 2. The zero-order valence-corrected chi connectivity index (χ0v) is 25.5. The van der Waals surface area contributed by atoms with Crippen molar-refractivity contribution in [1.29, 1.82) is 0 Å². The van der Waals surface area contributed by atoms with E-state index in [0.717, 1.165) is 0 Å². The second-order valence-electron chi connectivity index (χ2n) is 4.83. The average molecular weight is 858 g/mol. The highest BCUT2D eigenvalue weighted by atomic mass is 79.9. The Morgan fingerprint density at radius 1 is 0.794 bits per heavy atom. The van der Waals surface area contributed by atoms with Crippen LogP contribution < -0.4 is 5.73 Å². The fourth-order valence-electron chi connectivity index (χ4n) is 1.43. The van der Waals surface area contributed by atoms with Crippen molar-refractivity contribution in [2.24, 2.45) is 0 Å². The normalized spacial score (nSPS) is 9.03. The summed E-state index contributed by atoms with van der Waals surface area (Å²) in [6, 6.07) is 0. The third-order valence-corrected chi connectivity index (χ3v) is 5.62. The monoisotopic (exact) mass is 852 g/mol. The predicted molar refractivity (Wildman–Crippen MR) is 147 cm³/mol. The molecule has 3 aromatic heterocycles. The molecule has 181 valence electrons. The van der Waals surface area contributed by atoms with E-state index >= 15 is 0 Å². The summed E-state index contributed by atoms with van der Waals surface area (Å²) >= 11 is 18.4. The summed E-state index contributed by atoms with van der Waals surface area (Å²) in [7, 11) is 1.29. The van der Waals surface area contributed by atoms with Gasteiger partial charge in [-0.2, -0.15) is 0 Å². The first-order valence-corrected chi connectivity index (χ1v) is 12.3. The summed E-state index contributed by atoms with van der Waals surface area (Å²) in [6.07, 6.45) is 4.47. The Kier molecular flexibility index (Phi) is 17.9. The van der Waals surface area contributed by atoms with Gasteiger partial charge in [0.15, 0.2) is 17.2 Å². The van der Waals surface area contributed by atoms with Gasteiger partial charge in [-0.3, -0.25) is 0 Å². The Balaban J connectivity index is 0. The standard InChI is InChI=1S/C6H4Br2N2O2.C5H2Br2N2O2.C4H3Br2N3.CH4.B/c1-12-6(11)4-5(8)9-2-3(7)10-4;6-2-1-8-4(7)3(9-2)5(10)11;5-2-1-8-3(6)4(7)9-2;;/h2H,1H3;1H,(H,10,11);1H,(H2,7,9);1H4;. The molecule has 3 heterocycles. The third kappa shape index (κ3) is 12.1. The number of aromatic nitrogens is 6. The molecule has 0 unspecified atom stereocenters. The van der Waals surface area contributed by atoms with Gasteiger partial charge in [-0.1, -0.05) is 7.43 Å². The number of carbonyl (C=O) groups excluding carboxylic acids is 1. The zero-order chi connectivity index (χ0) is 24.4. The molecule has 34 heavy (non-hydrogen) atoms. The lowest BCUT2D eigenvalue weighted by atomic mass is 10.5. The second-order valence-corrected chi connectivity index (χ2v) is 9.52. The fraction of sp³-hybridized carbons (Fsp3) is 0.125. The van der Waals surface area contributed by atoms with E-state index in [1.165, 1.54) is 19.5 Å². The van der Waals surface area contributed by atoms with Crippen LogP contribution in [-0.4, -0.2) is 62.5 Å². The molecule has 3 aromatic rings. The van der Waals surface area contributed by atoms with Gasteiger partial charge in [-0.15, -0.1) is 0 Å². The van der Waals surface area contributed by atoms with Gasteiger partial charge < -0.3 is 15.6 Å². The van der Waals surface area contributed by atoms with E-state index < -0.39 is 11.9 Å². The van der Waals surface area contributed by atoms with Crippen LogP contribution in [0.25, 0.3) is 0 Å². The van der Waals surface area contributed by atoms with Crippen LogP contribution >= 0.6 is 95.6 Å². The average Bonchev–Trinajstić information content (AvgIpc) is 2.74. The van der Waals surface area contributed by atoms with Crippen molar-refractivity contribution in [2.45, 2.75) is 7.43 Å². The van der Waals surface area contributed by atoms with Gasteiger partial charge in [0.05, 0.1) is 25.7 Å². The molecule has 0 aliphatic carbocycles. The Hall–Kier alpha value is -1.08. The summed E-state index contributed by atoms with van der Waals surface area (Å²) in [4.78, 5) is 44.3. The van der Waals surface area contributed by atoms with Crippen LogP contribution in [0.4, 0.5) is 5.82 Å². The van der Waals surface area contributed by atoms with Gasteiger partial charge in [0, 0.05) is 8.41 Å². The summed E-state index contributed by atoms with van der Waals surface area (Å²) < 4.78 is 7.19. The highest BCUT2D eigenvalue weighted by Crippen LogP contribution is 2.16. The number of nitrogen functional groups attached to an aromatic ring is 1. The van der Waals surface area contributed by atoms with Gasteiger partial charge in [0.2, 0.25) is 0 Å². The minimum Gasteiger partial charge on any atom is -0.476 e. The van der Waals surface area contributed by atoms with Crippen LogP contribution in [0.2, 0.25) is 0 Å². The third-order valence-electron chi connectivity index (χ3n) is 2.70. The minimum atomic E-state index is -1.11. The molecular weight excluding hydrogens is 844 g/mol. The van der Waals surface area contributed by atoms with Gasteiger partial charge in [0.25, 0.3) is 0 Å². The molecule has 0 aromatic carbocycles. The number of nitrogens with zero attached hydrogens (tertiary/aromatic N) is 6. The number of anilines is 1. The zero-order valence-electron chi connectivity index (χ0n) is 16.0. The first kappa shape index (κ1) is 35.1. The number of rotatable bonds is 2.